The van der Waals surface area contributed by atoms with Crippen molar-refractivity contribution in [2.75, 3.05) is 13.7 Å². The van der Waals surface area contributed by atoms with Crippen LogP contribution in [0.25, 0.3) is 0 Å². The molecule has 0 saturated carbocycles. The number of hydrogen-bond acceptors (Lipinski definition) is 5. The first-order valence-corrected chi connectivity index (χ1v) is 6.41. The summed E-state index contributed by atoms with van der Waals surface area (Å²) in [5, 5.41) is 7.43. The molecule has 6 heteroatoms. The summed E-state index contributed by atoms with van der Waals surface area (Å²) in [6.07, 6.45) is 4.24. The molecule has 0 unspecified atom stereocenters. The summed E-state index contributed by atoms with van der Waals surface area (Å²) in [6.45, 7) is 1.51. The van der Waals surface area contributed by atoms with Gasteiger partial charge in [0, 0.05) is 44.6 Å². The first kappa shape index (κ1) is 14.2. The SMILES string of the molecule is COC(=O)c1ccc(CNCCc2ccnn2C)nc1. The van der Waals surface area contributed by atoms with Gasteiger partial charge in [-0.2, -0.15) is 5.10 Å². The molecule has 0 aliphatic carbocycles. The molecule has 0 bridgehead atoms. The highest BCUT2D eigenvalue weighted by molar-refractivity contribution is 5.88. The fourth-order valence-electron chi connectivity index (χ4n) is 1.85. The highest BCUT2D eigenvalue weighted by Crippen LogP contribution is 2.02. The van der Waals surface area contributed by atoms with Gasteiger partial charge in [0.2, 0.25) is 0 Å². The van der Waals surface area contributed by atoms with Gasteiger partial charge in [0.05, 0.1) is 18.4 Å². The lowest BCUT2D eigenvalue weighted by atomic mass is 10.2. The normalized spacial score (nSPS) is 10.5. The van der Waals surface area contributed by atoms with Crippen molar-refractivity contribution in [2.45, 2.75) is 13.0 Å². The van der Waals surface area contributed by atoms with E-state index in [-0.39, 0.29) is 5.97 Å². The van der Waals surface area contributed by atoms with E-state index in [9.17, 15) is 4.79 Å². The lowest BCUT2D eigenvalue weighted by Gasteiger charge is -2.05. The van der Waals surface area contributed by atoms with Gasteiger partial charge in [-0.15, -0.1) is 0 Å². The molecule has 20 heavy (non-hydrogen) atoms. The van der Waals surface area contributed by atoms with E-state index in [1.807, 2.05) is 23.9 Å². The summed E-state index contributed by atoms with van der Waals surface area (Å²) in [5.41, 5.74) is 2.54. The predicted molar refractivity (Wildman–Crippen MR) is 74.2 cm³/mol. The van der Waals surface area contributed by atoms with E-state index in [2.05, 4.69) is 20.1 Å². The molecular weight excluding hydrogens is 256 g/mol. The fourth-order valence-corrected chi connectivity index (χ4v) is 1.85. The highest BCUT2D eigenvalue weighted by atomic mass is 16.5. The second-order valence-corrected chi connectivity index (χ2v) is 4.40. The number of nitrogens with zero attached hydrogens (tertiary/aromatic N) is 3. The minimum absolute atomic E-state index is 0.367. The van der Waals surface area contributed by atoms with E-state index < -0.39 is 0 Å². The van der Waals surface area contributed by atoms with Crippen LogP contribution in [0.5, 0.6) is 0 Å². The van der Waals surface area contributed by atoms with Crippen LogP contribution in [0.1, 0.15) is 21.7 Å². The minimum atomic E-state index is -0.367. The topological polar surface area (TPSA) is 69.0 Å². The molecule has 0 aliphatic rings. The number of aromatic nitrogens is 3. The lowest BCUT2D eigenvalue weighted by molar-refractivity contribution is 0.0600. The van der Waals surface area contributed by atoms with E-state index in [1.54, 1.807) is 12.3 Å². The Labute approximate surface area is 117 Å². The molecule has 6 nitrogen and oxygen atoms in total. The minimum Gasteiger partial charge on any atom is -0.465 e. The second kappa shape index (κ2) is 6.81. The van der Waals surface area contributed by atoms with Crippen molar-refractivity contribution in [3.63, 3.8) is 0 Å². The number of carbonyl (C=O) groups is 1. The number of methoxy groups -OCH3 is 1. The second-order valence-electron chi connectivity index (χ2n) is 4.40. The first-order valence-electron chi connectivity index (χ1n) is 6.41. The maximum atomic E-state index is 11.3. The average Bonchev–Trinajstić information content (AvgIpc) is 2.89. The van der Waals surface area contributed by atoms with Crippen molar-refractivity contribution >= 4 is 5.97 Å². The Bertz CT molecular complexity index is 563. The number of ether oxygens (including phenoxy) is 1. The van der Waals surface area contributed by atoms with Gasteiger partial charge in [0.15, 0.2) is 0 Å². The highest BCUT2D eigenvalue weighted by Gasteiger charge is 2.05. The maximum absolute atomic E-state index is 11.3. The molecule has 0 spiro atoms. The molecule has 0 amide bonds. The molecule has 2 aromatic rings. The summed E-state index contributed by atoms with van der Waals surface area (Å²) in [6, 6.07) is 5.55. The third-order valence-corrected chi connectivity index (χ3v) is 3.03. The largest absolute Gasteiger partial charge is 0.465 e. The molecule has 1 N–H and O–H groups in total. The third-order valence-electron chi connectivity index (χ3n) is 3.03. The zero-order valence-electron chi connectivity index (χ0n) is 11.7. The number of aryl methyl sites for hydroxylation is 1. The Morgan fingerprint density at radius 1 is 1.40 bits per heavy atom. The van der Waals surface area contributed by atoms with E-state index in [0.717, 1.165) is 18.7 Å². The van der Waals surface area contributed by atoms with Gasteiger partial charge in [0.1, 0.15) is 0 Å². The maximum Gasteiger partial charge on any atom is 0.339 e. The fraction of sp³-hybridized carbons (Fsp3) is 0.357. The molecule has 0 aliphatic heterocycles. The van der Waals surface area contributed by atoms with Gasteiger partial charge in [-0.1, -0.05) is 0 Å². The Morgan fingerprint density at radius 3 is 2.85 bits per heavy atom. The van der Waals surface area contributed by atoms with Crippen LogP contribution in [0.15, 0.2) is 30.6 Å². The number of rotatable bonds is 6. The summed E-state index contributed by atoms with van der Waals surface area (Å²) < 4.78 is 6.49. The van der Waals surface area contributed by atoms with E-state index >= 15 is 0 Å². The van der Waals surface area contributed by atoms with Crippen molar-refractivity contribution in [3.8, 4) is 0 Å². The van der Waals surface area contributed by atoms with Crippen molar-refractivity contribution in [3.05, 3.63) is 47.5 Å². The van der Waals surface area contributed by atoms with Gasteiger partial charge in [-0.05, 0) is 18.2 Å². The molecule has 2 heterocycles. The van der Waals surface area contributed by atoms with Gasteiger partial charge < -0.3 is 10.1 Å². The molecule has 2 aromatic heterocycles. The van der Waals surface area contributed by atoms with E-state index in [0.29, 0.717) is 12.1 Å². The Balaban J connectivity index is 1.77. The van der Waals surface area contributed by atoms with Crippen LogP contribution >= 0.6 is 0 Å². The van der Waals surface area contributed by atoms with Crippen LogP contribution in [-0.2, 0) is 24.8 Å². The summed E-state index contributed by atoms with van der Waals surface area (Å²) in [7, 11) is 3.29. The molecule has 0 aromatic carbocycles. The van der Waals surface area contributed by atoms with Crippen LogP contribution < -0.4 is 5.32 Å². The van der Waals surface area contributed by atoms with Gasteiger partial charge in [-0.3, -0.25) is 9.67 Å². The average molecular weight is 274 g/mol. The van der Waals surface area contributed by atoms with Crippen LogP contribution in [0.3, 0.4) is 0 Å². The van der Waals surface area contributed by atoms with Gasteiger partial charge >= 0.3 is 5.97 Å². The number of esters is 1. The molecule has 0 fully saturated rings. The molecule has 2 rings (SSSR count). The lowest BCUT2D eigenvalue weighted by Crippen LogP contribution is -2.18. The quantitative estimate of drug-likeness (QED) is 0.627. The van der Waals surface area contributed by atoms with Gasteiger partial charge in [0.25, 0.3) is 0 Å². The molecule has 0 saturated heterocycles. The Kier molecular flexibility index (Phi) is 4.84. The molecule has 106 valence electrons. The molecule has 0 radical (unpaired) electrons. The molecule has 0 atom stereocenters. The van der Waals surface area contributed by atoms with Crippen LogP contribution in [-0.4, -0.2) is 34.4 Å². The third kappa shape index (κ3) is 3.64. The Morgan fingerprint density at radius 2 is 2.25 bits per heavy atom. The zero-order valence-corrected chi connectivity index (χ0v) is 11.7. The zero-order chi connectivity index (χ0) is 14.4. The summed E-state index contributed by atoms with van der Waals surface area (Å²) in [5.74, 6) is -0.367. The predicted octanol–water partition coefficient (Wildman–Crippen LogP) is 0.934. The number of nitrogens with one attached hydrogen (secondary N) is 1. The Hall–Kier alpha value is -2.21. The number of pyridine rings is 1. The van der Waals surface area contributed by atoms with Crippen LogP contribution in [0.4, 0.5) is 0 Å². The van der Waals surface area contributed by atoms with E-state index in [1.165, 1.54) is 19.0 Å². The monoisotopic (exact) mass is 274 g/mol. The van der Waals surface area contributed by atoms with Crippen LogP contribution in [0, 0.1) is 0 Å². The first-order chi connectivity index (χ1) is 9.70. The van der Waals surface area contributed by atoms with E-state index in [4.69, 9.17) is 0 Å². The summed E-state index contributed by atoms with van der Waals surface area (Å²) >= 11 is 0. The molecular formula is C14H18N4O2. The smallest absolute Gasteiger partial charge is 0.339 e. The van der Waals surface area contributed by atoms with Crippen molar-refractivity contribution in [1.29, 1.82) is 0 Å². The van der Waals surface area contributed by atoms with Crippen molar-refractivity contribution < 1.29 is 9.53 Å². The van der Waals surface area contributed by atoms with Gasteiger partial charge in [-0.25, -0.2) is 4.79 Å². The van der Waals surface area contributed by atoms with Crippen LogP contribution in [0.2, 0.25) is 0 Å². The van der Waals surface area contributed by atoms with Crippen molar-refractivity contribution in [2.24, 2.45) is 7.05 Å². The number of hydrogen-bond donors (Lipinski definition) is 1. The standard InChI is InChI=1S/C14H18N4O2/c1-18-13(6-8-17-18)5-7-15-10-12-4-3-11(9-16-12)14(19)20-2/h3-4,6,8-9,15H,5,7,10H2,1-2H3. The van der Waals surface area contributed by atoms with Crippen molar-refractivity contribution in [1.82, 2.24) is 20.1 Å². The number of carbonyl (C=O) groups excluding carboxylic acids is 1. The summed E-state index contributed by atoms with van der Waals surface area (Å²) in [4.78, 5) is 15.5.